The number of aliphatic imine (C=N–C) groups is 1. The van der Waals surface area contributed by atoms with Gasteiger partial charge in [0.2, 0.25) is 0 Å². The molecule has 0 aliphatic heterocycles. The number of hydrogen-bond acceptors (Lipinski definition) is 3. The predicted octanol–water partition coefficient (Wildman–Crippen LogP) is 3.21. The Bertz CT molecular complexity index is 744. The van der Waals surface area contributed by atoms with Crippen molar-refractivity contribution in [3.63, 3.8) is 0 Å². The van der Waals surface area contributed by atoms with E-state index in [-0.39, 0.29) is 0 Å². The van der Waals surface area contributed by atoms with Crippen LogP contribution in [0.15, 0.2) is 45.8 Å². The highest BCUT2D eigenvalue weighted by Gasteiger charge is 2.11. The van der Waals surface area contributed by atoms with Crippen molar-refractivity contribution in [1.29, 1.82) is 0 Å². The molecule has 2 aromatic carbocycles. The molecule has 3 aromatic rings. The molecule has 3 rings (SSSR count). The van der Waals surface area contributed by atoms with Crippen LogP contribution in [0.25, 0.3) is 21.9 Å². The van der Waals surface area contributed by atoms with Crippen LogP contribution in [0.4, 0.5) is 5.69 Å². The van der Waals surface area contributed by atoms with Gasteiger partial charge < -0.3 is 14.9 Å². The molecule has 1 aromatic heterocycles. The first-order chi connectivity index (χ1) is 8.83. The Hall–Kier alpha value is -2.49. The first kappa shape index (κ1) is 10.7. The van der Waals surface area contributed by atoms with Crippen LogP contribution in [-0.4, -0.2) is 13.4 Å². The molecule has 0 unspecified atom stereocenters. The Kier molecular flexibility index (Phi) is 2.41. The van der Waals surface area contributed by atoms with Crippen molar-refractivity contribution in [2.75, 3.05) is 7.11 Å². The van der Waals surface area contributed by atoms with E-state index in [1.54, 1.807) is 7.11 Å². The standard InChI is InChI=1S/C14H12N2O2/c1-17-14-6-10-9-4-2-3-5-12(9)18-13(10)7-11(14)16-8-15/h2-8H,1H3,(H2,15,16). The normalized spacial score (nSPS) is 11.6. The lowest BCUT2D eigenvalue weighted by Crippen LogP contribution is -1.88. The lowest BCUT2D eigenvalue weighted by atomic mass is 10.1. The molecule has 1 heterocycles. The van der Waals surface area contributed by atoms with Crippen molar-refractivity contribution in [3.05, 3.63) is 36.4 Å². The summed E-state index contributed by atoms with van der Waals surface area (Å²) in [6, 6.07) is 11.6. The molecule has 0 radical (unpaired) electrons. The fraction of sp³-hybridized carbons (Fsp3) is 0.0714. The number of nitrogens with zero attached hydrogens (tertiary/aromatic N) is 1. The molecule has 4 nitrogen and oxygen atoms in total. The second-order valence-corrected chi connectivity index (χ2v) is 3.90. The highest BCUT2D eigenvalue weighted by molar-refractivity contribution is 6.06. The maximum absolute atomic E-state index is 5.77. The quantitative estimate of drug-likeness (QED) is 0.552. The van der Waals surface area contributed by atoms with E-state index in [9.17, 15) is 0 Å². The van der Waals surface area contributed by atoms with E-state index in [4.69, 9.17) is 14.9 Å². The minimum atomic E-state index is 0.659. The zero-order valence-electron chi connectivity index (χ0n) is 9.88. The van der Waals surface area contributed by atoms with Crippen molar-refractivity contribution in [2.24, 2.45) is 10.7 Å². The SMILES string of the molecule is COc1cc2c(cc1N=CN)oc1ccccc12. The van der Waals surface area contributed by atoms with Gasteiger partial charge in [0.25, 0.3) is 0 Å². The fourth-order valence-electron chi connectivity index (χ4n) is 2.09. The second-order valence-electron chi connectivity index (χ2n) is 3.90. The summed E-state index contributed by atoms with van der Waals surface area (Å²) in [7, 11) is 1.61. The van der Waals surface area contributed by atoms with E-state index in [2.05, 4.69) is 4.99 Å². The summed E-state index contributed by atoms with van der Waals surface area (Å²) in [5.74, 6) is 0.677. The third-order valence-corrected chi connectivity index (χ3v) is 2.89. The molecule has 4 heteroatoms. The van der Waals surface area contributed by atoms with Crippen LogP contribution in [-0.2, 0) is 0 Å². The van der Waals surface area contributed by atoms with Crippen molar-refractivity contribution in [1.82, 2.24) is 0 Å². The third-order valence-electron chi connectivity index (χ3n) is 2.89. The smallest absolute Gasteiger partial charge is 0.145 e. The minimum absolute atomic E-state index is 0.659. The number of rotatable bonds is 2. The molecule has 2 N–H and O–H groups in total. The van der Waals surface area contributed by atoms with Gasteiger partial charge in [-0.25, -0.2) is 4.99 Å². The molecular weight excluding hydrogens is 228 g/mol. The molecule has 0 amide bonds. The molecule has 0 aliphatic rings. The number of nitrogens with two attached hydrogens (primary N) is 1. The first-order valence-corrected chi connectivity index (χ1v) is 5.57. The van der Waals surface area contributed by atoms with Gasteiger partial charge in [0.15, 0.2) is 0 Å². The van der Waals surface area contributed by atoms with Crippen LogP contribution in [0.2, 0.25) is 0 Å². The molecular formula is C14H12N2O2. The van der Waals surface area contributed by atoms with E-state index in [1.165, 1.54) is 6.34 Å². The number of fused-ring (bicyclic) bond motifs is 3. The highest BCUT2D eigenvalue weighted by Crippen LogP contribution is 2.37. The Morgan fingerprint density at radius 1 is 1.17 bits per heavy atom. The second kappa shape index (κ2) is 4.07. The van der Waals surface area contributed by atoms with Gasteiger partial charge in [0, 0.05) is 16.8 Å². The molecule has 18 heavy (non-hydrogen) atoms. The molecule has 0 saturated carbocycles. The van der Waals surface area contributed by atoms with Gasteiger partial charge in [-0.3, -0.25) is 0 Å². The summed E-state index contributed by atoms with van der Waals surface area (Å²) < 4.78 is 11.1. The number of methoxy groups -OCH3 is 1. The average molecular weight is 240 g/mol. The minimum Gasteiger partial charge on any atom is -0.494 e. The number of furan rings is 1. The summed E-state index contributed by atoms with van der Waals surface area (Å²) in [5, 5.41) is 2.08. The predicted molar refractivity (Wildman–Crippen MR) is 72.6 cm³/mol. The van der Waals surface area contributed by atoms with E-state index in [0.717, 1.165) is 21.9 Å². The van der Waals surface area contributed by atoms with Crippen LogP contribution in [0.1, 0.15) is 0 Å². The molecule has 0 aliphatic carbocycles. The first-order valence-electron chi connectivity index (χ1n) is 5.57. The van der Waals surface area contributed by atoms with Crippen molar-refractivity contribution in [2.45, 2.75) is 0 Å². The zero-order valence-corrected chi connectivity index (χ0v) is 9.88. The molecule has 0 spiro atoms. The summed E-state index contributed by atoms with van der Waals surface area (Å²) in [6.07, 6.45) is 1.24. The van der Waals surface area contributed by atoms with Crippen LogP contribution in [0.5, 0.6) is 5.75 Å². The van der Waals surface area contributed by atoms with Gasteiger partial charge in [-0.15, -0.1) is 0 Å². The number of benzene rings is 2. The molecule has 0 saturated heterocycles. The maximum atomic E-state index is 5.77. The number of para-hydroxylation sites is 1. The van der Waals surface area contributed by atoms with Crippen molar-refractivity contribution >= 4 is 34.0 Å². The lowest BCUT2D eigenvalue weighted by Gasteiger charge is -2.03. The monoisotopic (exact) mass is 240 g/mol. The summed E-state index contributed by atoms with van der Waals surface area (Å²) in [6.45, 7) is 0. The van der Waals surface area contributed by atoms with Gasteiger partial charge in [-0.05, 0) is 12.1 Å². The highest BCUT2D eigenvalue weighted by atomic mass is 16.5. The maximum Gasteiger partial charge on any atom is 0.145 e. The van der Waals surface area contributed by atoms with E-state index < -0.39 is 0 Å². The van der Waals surface area contributed by atoms with E-state index >= 15 is 0 Å². The Balaban J connectivity index is 2.39. The molecule has 90 valence electrons. The number of hydrogen-bond donors (Lipinski definition) is 1. The Morgan fingerprint density at radius 3 is 2.78 bits per heavy atom. The van der Waals surface area contributed by atoms with Gasteiger partial charge >= 0.3 is 0 Å². The van der Waals surface area contributed by atoms with Crippen LogP contribution >= 0.6 is 0 Å². The van der Waals surface area contributed by atoms with Crippen LogP contribution in [0.3, 0.4) is 0 Å². The van der Waals surface area contributed by atoms with Crippen LogP contribution < -0.4 is 10.5 Å². The summed E-state index contributed by atoms with van der Waals surface area (Å²) in [5.41, 5.74) is 7.61. The molecule has 0 atom stereocenters. The fourth-order valence-corrected chi connectivity index (χ4v) is 2.09. The van der Waals surface area contributed by atoms with Gasteiger partial charge in [0.1, 0.15) is 22.6 Å². The zero-order chi connectivity index (χ0) is 12.5. The van der Waals surface area contributed by atoms with E-state index in [1.807, 2.05) is 36.4 Å². The molecule has 0 fully saturated rings. The molecule has 0 bridgehead atoms. The van der Waals surface area contributed by atoms with Crippen molar-refractivity contribution < 1.29 is 9.15 Å². The topological polar surface area (TPSA) is 60.8 Å². The summed E-state index contributed by atoms with van der Waals surface area (Å²) in [4.78, 5) is 4.07. The van der Waals surface area contributed by atoms with Crippen molar-refractivity contribution in [3.8, 4) is 5.75 Å². The summed E-state index contributed by atoms with van der Waals surface area (Å²) >= 11 is 0. The van der Waals surface area contributed by atoms with Gasteiger partial charge in [0.05, 0.1) is 13.4 Å². The number of ether oxygens (including phenoxy) is 1. The lowest BCUT2D eigenvalue weighted by molar-refractivity contribution is 0.416. The van der Waals surface area contributed by atoms with E-state index in [0.29, 0.717) is 11.4 Å². The van der Waals surface area contributed by atoms with Crippen LogP contribution in [0, 0.1) is 0 Å². The third kappa shape index (κ3) is 1.50. The average Bonchev–Trinajstić information content (AvgIpc) is 2.75. The van der Waals surface area contributed by atoms with Gasteiger partial charge in [-0.1, -0.05) is 18.2 Å². The Morgan fingerprint density at radius 2 is 2.00 bits per heavy atom. The largest absolute Gasteiger partial charge is 0.494 e. The Labute approximate surface area is 104 Å². The van der Waals surface area contributed by atoms with Gasteiger partial charge in [-0.2, -0.15) is 0 Å².